The van der Waals surface area contributed by atoms with Crippen LogP contribution in [0.25, 0.3) is 10.9 Å². The van der Waals surface area contributed by atoms with Crippen LogP contribution in [0.4, 0.5) is 19.0 Å². The molecular formula is C23H23F3N6O3. The number of alkyl halides is 3. The van der Waals surface area contributed by atoms with Gasteiger partial charge in [-0.15, -0.1) is 0 Å². The third-order valence-corrected chi connectivity index (χ3v) is 6.34. The monoisotopic (exact) mass is 488 g/mol. The maximum Gasteiger partial charge on any atom is 0.416 e. The summed E-state index contributed by atoms with van der Waals surface area (Å²) in [6.07, 6.45) is -5.03. The van der Waals surface area contributed by atoms with Crippen molar-refractivity contribution in [2.24, 2.45) is 0 Å². The quantitative estimate of drug-likeness (QED) is 0.603. The first-order valence-corrected chi connectivity index (χ1v) is 11.1. The van der Waals surface area contributed by atoms with E-state index in [-0.39, 0.29) is 37.3 Å². The van der Waals surface area contributed by atoms with E-state index in [2.05, 4.69) is 10.1 Å². The lowest BCUT2D eigenvalue weighted by molar-refractivity contribution is -0.236. The number of halogens is 3. The van der Waals surface area contributed by atoms with E-state index in [1.165, 1.54) is 21.8 Å². The zero-order valence-corrected chi connectivity index (χ0v) is 18.6. The van der Waals surface area contributed by atoms with Crippen molar-refractivity contribution in [1.82, 2.24) is 24.6 Å². The Morgan fingerprint density at radius 3 is 2.63 bits per heavy atom. The van der Waals surface area contributed by atoms with Gasteiger partial charge in [-0.25, -0.2) is 4.98 Å². The van der Waals surface area contributed by atoms with Gasteiger partial charge < -0.3 is 20.3 Å². The molecule has 35 heavy (non-hydrogen) atoms. The van der Waals surface area contributed by atoms with Gasteiger partial charge in [0.2, 0.25) is 5.91 Å². The maximum atomic E-state index is 13.0. The van der Waals surface area contributed by atoms with Crippen molar-refractivity contribution in [2.75, 3.05) is 38.5 Å². The minimum Gasteiger partial charge on any atom is -0.384 e. The molecule has 0 spiro atoms. The normalized spacial score (nSPS) is 19.1. The number of carbonyl (C=O) groups is 2. The molecule has 5 rings (SSSR count). The molecular weight excluding hydrogens is 465 g/mol. The van der Waals surface area contributed by atoms with Gasteiger partial charge in [-0.1, -0.05) is 18.2 Å². The van der Waals surface area contributed by atoms with E-state index in [4.69, 9.17) is 10.5 Å². The van der Waals surface area contributed by atoms with Gasteiger partial charge in [-0.05, 0) is 18.2 Å². The van der Waals surface area contributed by atoms with Crippen LogP contribution >= 0.6 is 0 Å². The summed E-state index contributed by atoms with van der Waals surface area (Å²) in [5.41, 5.74) is 7.59. The summed E-state index contributed by atoms with van der Waals surface area (Å²) in [5.74, 6) is -0.370. The summed E-state index contributed by atoms with van der Waals surface area (Å²) in [6.45, 7) is 0.108. The molecule has 2 N–H and O–H groups in total. The highest BCUT2D eigenvalue weighted by Gasteiger charge is 2.44. The van der Waals surface area contributed by atoms with E-state index in [1.54, 1.807) is 11.0 Å². The Kier molecular flexibility index (Phi) is 5.83. The van der Waals surface area contributed by atoms with Crippen LogP contribution in [0.5, 0.6) is 0 Å². The first-order chi connectivity index (χ1) is 16.7. The fraction of sp³-hybridized carbons (Fsp3) is 0.391. The van der Waals surface area contributed by atoms with Crippen LogP contribution in [-0.4, -0.2) is 81.4 Å². The number of fused-ring (bicyclic) bond motifs is 1. The number of ether oxygens (including phenoxy) is 1. The Labute approximate surface area is 198 Å². The highest BCUT2D eigenvalue weighted by Crippen LogP contribution is 2.33. The van der Waals surface area contributed by atoms with E-state index in [9.17, 15) is 22.8 Å². The number of amides is 2. The zero-order chi connectivity index (χ0) is 24.7. The summed E-state index contributed by atoms with van der Waals surface area (Å²) >= 11 is 0. The average Bonchev–Trinajstić information content (AvgIpc) is 3.15. The zero-order valence-electron chi connectivity index (χ0n) is 18.6. The molecule has 3 aromatic rings. The Morgan fingerprint density at radius 2 is 1.89 bits per heavy atom. The number of morpholine rings is 1. The molecule has 0 unspecified atom stereocenters. The van der Waals surface area contributed by atoms with Crippen LogP contribution in [0.15, 0.2) is 42.6 Å². The van der Waals surface area contributed by atoms with E-state index >= 15 is 0 Å². The second kappa shape index (κ2) is 8.84. The van der Waals surface area contributed by atoms with Gasteiger partial charge in [-0.3, -0.25) is 14.3 Å². The average molecular weight is 488 g/mol. The molecule has 2 aliphatic rings. The van der Waals surface area contributed by atoms with Crippen LogP contribution in [-0.2, 0) is 16.1 Å². The number of carbonyl (C=O) groups excluding carboxylic acids is 2. The lowest BCUT2D eigenvalue weighted by Crippen LogP contribution is -2.51. The number of hydrogen-bond donors (Lipinski definition) is 1. The topological polar surface area (TPSA) is 107 Å². The fourth-order valence-electron chi connectivity index (χ4n) is 4.46. The molecule has 2 aromatic heterocycles. The van der Waals surface area contributed by atoms with E-state index in [0.717, 1.165) is 11.1 Å². The minimum atomic E-state index is -4.53. The molecule has 1 aromatic carbocycles. The first kappa shape index (κ1) is 23.1. The summed E-state index contributed by atoms with van der Waals surface area (Å²) in [5, 5.41) is 5.49. The SMILES string of the molecule is Nc1cc(C(=O)N2CC(c3nn(CC(=O)N4CCO[C@@H](C(F)(F)F)C4)c4ccccc34)C2)ccn1. The van der Waals surface area contributed by atoms with Gasteiger partial charge in [0.25, 0.3) is 5.91 Å². The van der Waals surface area contributed by atoms with Crippen molar-refractivity contribution in [3.63, 3.8) is 0 Å². The Balaban J connectivity index is 1.31. The molecule has 12 heteroatoms. The predicted octanol–water partition coefficient (Wildman–Crippen LogP) is 2.04. The molecule has 0 aliphatic carbocycles. The number of nitrogens with two attached hydrogens (primary N) is 1. The number of likely N-dealkylation sites (tertiary alicyclic amines) is 1. The lowest BCUT2D eigenvalue weighted by atomic mass is 9.93. The number of para-hydroxylation sites is 1. The van der Waals surface area contributed by atoms with Gasteiger partial charge in [0.1, 0.15) is 12.4 Å². The number of nitrogens with zero attached hydrogens (tertiary/aromatic N) is 5. The highest BCUT2D eigenvalue weighted by atomic mass is 19.4. The summed E-state index contributed by atoms with van der Waals surface area (Å²) < 4.78 is 45.5. The molecule has 4 heterocycles. The van der Waals surface area contributed by atoms with Crippen molar-refractivity contribution < 1.29 is 27.5 Å². The third kappa shape index (κ3) is 4.53. The lowest BCUT2D eigenvalue weighted by Gasteiger charge is -2.38. The number of pyridine rings is 1. The van der Waals surface area contributed by atoms with Gasteiger partial charge >= 0.3 is 6.18 Å². The number of anilines is 1. The smallest absolute Gasteiger partial charge is 0.384 e. The van der Waals surface area contributed by atoms with Crippen molar-refractivity contribution in [3.8, 4) is 0 Å². The molecule has 1 atom stereocenters. The maximum absolute atomic E-state index is 13.0. The van der Waals surface area contributed by atoms with Crippen LogP contribution in [0.1, 0.15) is 22.0 Å². The second-order valence-corrected chi connectivity index (χ2v) is 8.68. The van der Waals surface area contributed by atoms with Gasteiger partial charge in [0, 0.05) is 42.7 Å². The molecule has 184 valence electrons. The van der Waals surface area contributed by atoms with Gasteiger partial charge in [0.15, 0.2) is 6.10 Å². The van der Waals surface area contributed by atoms with E-state index in [0.29, 0.717) is 24.2 Å². The van der Waals surface area contributed by atoms with Crippen LogP contribution < -0.4 is 5.73 Å². The van der Waals surface area contributed by atoms with Crippen LogP contribution in [0, 0.1) is 0 Å². The minimum absolute atomic E-state index is 0.0302. The van der Waals surface area contributed by atoms with Crippen LogP contribution in [0.2, 0.25) is 0 Å². The second-order valence-electron chi connectivity index (χ2n) is 8.68. The summed E-state index contributed by atoms with van der Waals surface area (Å²) in [6, 6.07) is 10.5. The number of aromatic nitrogens is 3. The molecule has 0 radical (unpaired) electrons. The highest BCUT2D eigenvalue weighted by molar-refractivity contribution is 5.95. The number of nitrogen functional groups attached to an aromatic ring is 1. The third-order valence-electron chi connectivity index (χ3n) is 6.34. The predicted molar refractivity (Wildman–Crippen MR) is 119 cm³/mol. The number of rotatable bonds is 4. The molecule has 9 nitrogen and oxygen atoms in total. The van der Waals surface area contributed by atoms with Crippen molar-refractivity contribution in [3.05, 3.63) is 53.9 Å². The summed E-state index contributed by atoms with van der Waals surface area (Å²) in [4.78, 5) is 32.3. The number of hydrogen-bond acceptors (Lipinski definition) is 6. The Hall–Kier alpha value is -3.67. The molecule has 0 bridgehead atoms. The fourth-order valence-corrected chi connectivity index (χ4v) is 4.46. The number of benzene rings is 1. The van der Waals surface area contributed by atoms with E-state index < -0.39 is 24.7 Å². The van der Waals surface area contributed by atoms with Gasteiger partial charge in [-0.2, -0.15) is 18.3 Å². The molecule has 2 aliphatic heterocycles. The largest absolute Gasteiger partial charge is 0.416 e. The van der Waals surface area contributed by atoms with Gasteiger partial charge in [0.05, 0.1) is 24.4 Å². The van der Waals surface area contributed by atoms with Crippen LogP contribution in [0.3, 0.4) is 0 Å². The Bertz CT molecular complexity index is 1270. The molecule has 2 fully saturated rings. The van der Waals surface area contributed by atoms with Crippen molar-refractivity contribution >= 4 is 28.5 Å². The standard InChI is InChI=1S/C23H23F3N6O3/c24-23(25,26)18-12-30(7-8-35-18)20(33)13-32-17-4-2-1-3-16(17)21(29-32)15-10-31(11-15)22(34)14-5-6-28-19(27)9-14/h1-6,9,15,18H,7-8,10-13H2,(H2,27,28)/t18-/m1/s1. The summed E-state index contributed by atoms with van der Waals surface area (Å²) in [7, 11) is 0. The molecule has 2 saturated heterocycles. The van der Waals surface area contributed by atoms with Crippen molar-refractivity contribution in [2.45, 2.75) is 24.7 Å². The van der Waals surface area contributed by atoms with Crippen molar-refractivity contribution in [1.29, 1.82) is 0 Å². The molecule has 0 saturated carbocycles. The molecule has 2 amide bonds. The van der Waals surface area contributed by atoms with E-state index in [1.807, 2.05) is 24.3 Å². The Morgan fingerprint density at radius 1 is 1.11 bits per heavy atom. The first-order valence-electron chi connectivity index (χ1n) is 11.1.